The lowest BCUT2D eigenvalue weighted by atomic mass is 10.3. The Morgan fingerprint density at radius 3 is 2.62 bits per heavy atom. The van der Waals surface area contributed by atoms with Crippen molar-refractivity contribution in [1.82, 2.24) is 4.98 Å². The first-order valence-electron chi connectivity index (χ1n) is 4.35. The Hall–Kier alpha value is -0.435. The lowest BCUT2D eigenvalue weighted by Gasteiger charge is -1.94. The molecule has 0 spiro atoms. The van der Waals surface area contributed by atoms with Crippen LogP contribution >= 0.6 is 23.5 Å². The van der Waals surface area contributed by atoms with E-state index in [-0.39, 0.29) is 0 Å². The molecule has 0 saturated carbocycles. The van der Waals surface area contributed by atoms with E-state index in [0.717, 1.165) is 16.7 Å². The second-order valence-electron chi connectivity index (χ2n) is 2.79. The highest BCUT2D eigenvalue weighted by Crippen LogP contribution is 2.19. The normalized spacial score (nSPS) is 14.1. The Labute approximate surface area is 98.9 Å². The van der Waals surface area contributed by atoms with Crippen molar-refractivity contribution in [3.05, 3.63) is 12.3 Å². The zero-order valence-corrected chi connectivity index (χ0v) is 10.0. The highest BCUT2D eigenvalue weighted by molar-refractivity contribution is 7.99. The summed E-state index contributed by atoms with van der Waals surface area (Å²) in [5.74, 6) is 1.17. The van der Waals surface area contributed by atoms with Gasteiger partial charge < -0.3 is 17.3 Å². The van der Waals surface area contributed by atoms with Gasteiger partial charge in [-0.3, -0.25) is 0 Å². The average molecular weight is 272 g/mol. The minimum atomic E-state index is -6.00. The lowest BCUT2D eigenvalue weighted by molar-refractivity contribution is -0.728. The van der Waals surface area contributed by atoms with Gasteiger partial charge in [-0.05, 0) is 23.0 Å². The van der Waals surface area contributed by atoms with E-state index in [1.807, 2.05) is 11.8 Å². The predicted octanol–water partition coefficient (Wildman–Crippen LogP) is 2.50. The molecule has 16 heavy (non-hydrogen) atoms. The van der Waals surface area contributed by atoms with E-state index < -0.39 is 7.25 Å². The number of nitrogens with zero attached hydrogens (tertiary/aromatic N) is 2. The quantitative estimate of drug-likeness (QED) is 0.195. The third-order valence-electron chi connectivity index (χ3n) is 1.62. The SMILES string of the molecule is CSc1cc[n+]2c(n1)SCC2.F[B-](F)(F)F. The zero-order chi connectivity index (χ0) is 12.2. The van der Waals surface area contributed by atoms with Gasteiger partial charge in [0.1, 0.15) is 6.54 Å². The van der Waals surface area contributed by atoms with Crippen LogP contribution in [-0.2, 0) is 6.54 Å². The summed E-state index contributed by atoms with van der Waals surface area (Å²) < 4.78 is 41.2. The van der Waals surface area contributed by atoms with Crippen molar-refractivity contribution in [2.24, 2.45) is 0 Å². The molecule has 0 fully saturated rings. The molecule has 2 rings (SSSR count). The van der Waals surface area contributed by atoms with Gasteiger partial charge in [0.15, 0.2) is 0 Å². The predicted molar refractivity (Wildman–Crippen MR) is 57.1 cm³/mol. The molecule has 0 atom stereocenters. The van der Waals surface area contributed by atoms with Crippen molar-refractivity contribution in [3.8, 4) is 0 Å². The monoisotopic (exact) mass is 272 g/mol. The molecule has 90 valence electrons. The van der Waals surface area contributed by atoms with E-state index >= 15 is 0 Å². The van der Waals surface area contributed by atoms with Crippen LogP contribution in [0.1, 0.15) is 0 Å². The van der Waals surface area contributed by atoms with Gasteiger partial charge in [-0.2, -0.15) is 0 Å². The molecule has 1 aliphatic heterocycles. The number of rotatable bonds is 1. The molecule has 9 heteroatoms. The van der Waals surface area contributed by atoms with Gasteiger partial charge in [-0.15, -0.1) is 0 Å². The molecule has 1 aliphatic rings. The van der Waals surface area contributed by atoms with Crippen LogP contribution in [-0.4, -0.2) is 24.2 Å². The molecule has 1 aromatic rings. The van der Waals surface area contributed by atoms with Crippen LogP contribution in [0.25, 0.3) is 0 Å². The van der Waals surface area contributed by atoms with E-state index in [1.165, 1.54) is 5.75 Å². The maximum atomic E-state index is 9.75. The van der Waals surface area contributed by atoms with E-state index in [9.17, 15) is 17.3 Å². The van der Waals surface area contributed by atoms with Crippen LogP contribution in [0.5, 0.6) is 0 Å². The second kappa shape index (κ2) is 5.76. The molecule has 2 heterocycles. The van der Waals surface area contributed by atoms with Crippen LogP contribution in [0.4, 0.5) is 17.3 Å². The number of hydrogen-bond donors (Lipinski definition) is 0. The highest BCUT2D eigenvalue weighted by Gasteiger charge is 2.21. The number of thioether (sulfide) groups is 2. The molecular weight excluding hydrogens is 263 g/mol. The summed E-state index contributed by atoms with van der Waals surface area (Å²) in [4.78, 5) is 4.46. The molecule has 0 bridgehead atoms. The summed E-state index contributed by atoms with van der Waals surface area (Å²) in [5, 5.41) is 2.28. The van der Waals surface area contributed by atoms with Crippen molar-refractivity contribution in [3.63, 3.8) is 0 Å². The highest BCUT2D eigenvalue weighted by atomic mass is 32.2. The smallest absolute Gasteiger partial charge is 0.418 e. The maximum Gasteiger partial charge on any atom is 0.673 e. The molecule has 0 aliphatic carbocycles. The Morgan fingerprint density at radius 2 is 2.06 bits per heavy atom. The van der Waals surface area contributed by atoms with Gasteiger partial charge in [-0.1, -0.05) is 11.8 Å². The fourth-order valence-electron chi connectivity index (χ4n) is 1.05. The van der Waals surface area contributed by atoms with Gasteiger partial charge in [0.05, 0.1) is 6.20 Å². The van der Waals surface area contributed by atoms with Crippen molar-refractivity contribution < 1.29 is 21.8 Å². The van der Waals surface area contributed by atoms with Gasteiger partial charge in [-0.25, -0.2) is 4.57 Å². The first-order valence-corrected chi connectivity index (χ1v) is 6.56. The lowest BCUT2D eigenvalue weighted by Crippen LogP contribution is -2.32. The molecule has 0 unspecified atom stereocenters. The topological polar surface area (TPSA) is 16.8 Å². The molecule has 0 aromatic carbocycles. The van der Waals surface area contributed by atoms with Gasteiger partial charge in [0.2, 0.25) is 5.03 Å². The van der Waals surface area contributed by atoms with Crippen LogP contribution in [0.3, 0.4) is 0 Å². The number of halogens is 4. The van der Waals surface area contributed by atoms with Crippen molar-refractivity contribution in [2.75, 3.05) is 12.0 Å². The Balaban J connectivity index is 0.000000221. The first-order chi connectivity index (χ1) is 7.40. The van der Waals surface area contributed by atoms with Crippen molar-refractivity contribution >= 4 is 30.8 Å². The van der Waals surface area contributed by atoms with Gasteiger partial charge >= 0.3 is 12.4 Å². The van der Waals surface area contributed by atoms with Crippen LogP contribution < -0.4 is 4.57 Å². The second-order valence-corrected chi connectivity index (χ2v) is 4.68. The van der Waals surface area contributed by atoms with E-state index in [2.05, 4.69) is 28.1 Å². The molecule has 0 radical (unpaired) electrons. The maximum absolute atomic E-state index is 9.75. The fourth-order valence-corrected chi connectivity index (χ4v) is 2.43. The van der Waals surface area contributed by atoms with Crippen LogP contribution in [0.2, 0.25) is 0 Å². The molecule has 0 N–H and O–H groups in total. The third kappa shape index (κ3) is 5.06. The number of aromatic nitrogens is 2. The summed E-state index contributed by atoms with van der Waals surface area (Å²) >= 11 is 3.53. The van der Waals surface area contributed by atoms with Gasteiger partial charge in [0, 0.05) is 11.8 Å². The summed E-state index contributed by atoms with van der Waals surface area (Å²) in [6.07, 6.45) is 4.17. The van der Waals surface area contributed by atoms with Crippen molar-refractivity contribution in [2.45, 2.75) is 16.7 Å². The van der Waals surface area contributed by atoms with Gasteiger partial charge in [0.25, 0.3) is 0 Å². The summed E-state index contributed by atoms with van der Waals surface area (Å²) in [6.45, 7) is 1.11. The minimum Gasteiger partial charge on any atom is -0.418 e. The average Bonchev–Trinajstić information content (AvgIpc) is 2.61. The summed E-state index contributed by atoms with van der Waals surface area (Å²) in [7, 11) is -6.00. The molecule has 0 amide bonds. The minimum absolute atomic E-state index is 1.11. The van der Waals surface area contributed by atoms with E-state index in [0.29, 0.717) is 0 Å². The molecular formula is C7H9BF4N2S2. The molecule has 1 aromatic heterocycles. The standard InChI is InChI=1S/C7H9N2S2.BF4/c1-10-6-2-3-9-4-5-11-7(9)8-6;2-1(3,4)5/h2-3H,4-5H2,1H3;/q+1;-1. The van der Waals surface area contributed by atoms with Crippen molar-refractivity contribution in [1.29, 1.82) is 0 Å². The summed E-state index contributed by atoms with van der Waals surface area (Å²) in [6, 6.07) is 2.07. The molecule has 2 nitrogen and oxygen atoms in total. The Morgan fingerprint density at radius 1 is 1.44 bits per heavy atom. The fraction of sp³-hybridized carbons (Fsp3) is 0.429. The Bertz CT molecular complexity index is 355. The largest absolute Gasteiger partial charge is 0.673 e. The number of hydrogen-bond acceptors (Lipinski definition) is 3. The number of fused-ring (bicyclic) bond motifs is 1. The van der Waals surface area contributed by atoms with Crippen LogP contribution in [0.15, 0.2) is 22.4 Å². The van der Waals surface area contributed by atoms with E-state index in [4.69, 9.17) is 0 Å². The first kappa shape index (κ1) is 13.6. The zero-order valence-electron chi connectivity index (χ0n) is 8.37. The Kier molecular flexibility index (Phi) is 4.91. The summed E-state index contributed by atoms with van der Waals surface area (Å²) in [5.41, 5.74) is 0. The van der Waals surface area contributed by atoms with E-state index in [1.54, 1.807) is 11.8 Å². The molecule has 0 saturated heterocycles. The van der Waals surface area contributed by atoms with Crippen LogP contribution in [0, 0.1) is 0 Å². The number of aryl methyl sites for hydroxylation is 1. The third-order valence-corrected chi connectivity index (χ3v) is 3.24.